The Morgan fingerprint density at radius 1 is 1.21 bits per heavy atom. The molecule has 0 fully saturated rings. The van der Waals surface area contributed by atoms with Gasteiger partial charge in [0.2, 0.25) is 0 Å². The van der Waals surface area contributed by atoms with Gasteiger partial charge < -0.3 is 5.11 Å². The van der Waals surface area contributed by atoms with Gasteiger partial charge in [-0.15, -0.1) is 0 Å². The Bertz CT molecular complexity index is 1230. The summed E-state index contributed by atoms with van der Waals surface area (Å²) in [6, 6.07) is 5.05. The van der Waals surface area contributed by atoms with E-state index < -0.39 is 28.8 Å². The van der Waals surface area contributed by atoms with E-state index in [1.165, 1.54) is 34.4 Å². The van der Waals surface area contributed by atoms with Crippen molar-refractivity contribution in [2.75, 3.05) is 0 Å². The van der Waals surface area contributed by atoms with Crippen LogP contribution in [0.5, 0.6) is 0 Å². The van der Waals surface area contributed by atoms with Gasteiger partial charge in [0.05, 0.1) is 18.0 Å². The number of hydrogen-bond donors (Lipinski definition) is 1. The Morgan fingerprint density at radius 3 is 2.76 bits per heavy atom. The minimum Gasteiger partial charge on any atom is -0.381 e. The van der Waals surface area contributed by atoms with E-state index in [0.29, 0.717) is 6.07 Å². The molecule has 10 heteroatoms. The van der Waals surface area contributed by atoms with Gasteiger partial charge in [0.25, 0.3) is 5.56 Å². The van der Waals surface area contributed by atoms with Crippen LogP contribution < -0.4 is 5.56 Å². The maximum absolute atomic E-state index is 14.6. The minimum atomic E-state index is -1.97. The average molecular weight is 398 g/mol. The normalized spacial score (nSPS) is 14.6. The van der Waals surface area contributed by atoms with Crippen LogP contribution in [0.25, 0.3) is 11.0 Å². The van der Waals surface area contributed by atoms with Crippen LogP contribution in [0, 0.1) is 11.6 Å². The van der Waals surface area contributed by atoms with E-state index >= 15 is 0 Å². The second-order valence-corrected chi connectivity index (χ2v) is 6.65. The predicted molar refractivity (Wildman–Crippen MR) is 98.8 cm³/mol. The summed E-state index contributed by atoms with van der Waals surface area (Å²) in [5.74, 6) is -1.72. The van der Waals surface area contributed by atoms with Crippen molar-refractivity contribution in [3.8, 4) is 0 Å². The molecule has 148 valence electrons. The molecule has 3 heterocycles. The molecule has 3 aromatic heterocycles. The molecule has 0 saturated carbocycles. The molecule has 0 aliphatic heterocycles. The molecule has 1 N–H and O–H groups in total. The lowest BCUT2D eigenvalue weighted by molar-refractivity contribution is -0.0343. The summed E-state index contributed by atoms with van der Waals surface area (Å²) < 4.78 is 30.6. The van der Waals surface area contributed by atoms with E-state index in [2.05, 4.69) is 20.1 Å². The zero-order valence-corrected chi connectivity index (χ0v) is 15.3. The smallest absolute Gasteiger partial charge is 0.263 e. The maximum Gasteiger partial charge on any atom is 0.263 e. The molecule has 29 heavy (non-hydrogen) atoms. The van der Waals surface area contributed by atoms with Gasteiger partial charge in [-0.3, -0.25) is 9.36 Å². The number of halogens is 2. The first kappa shape index (κ1) is 18.8. The topological polar surface area (TPSA) is 98.7 Å². The molecule has 0 amide bonds. The van der Waals surface area contributed by atoms with Gasteiger partial charge in [-0.05, 0) is 25.1 Å². The number of aliphatic hydroxyl groups is 1. The number of hydrogen-bond acceptors (Lipinski definition) is 6. The van der Waals surface area contributed by atoms with E-state index in [4.69, 9.17) is 0 Å². The summed E-state index contributed by atoms with van der Waals surface area (Å²) in [5, 5.41) is 15.8. The van der Waals surface area contributed by atoms with Gasteiger partial charge in [-0.1, -0.05) is 6.07 Å². The zero-order chi connectivity index (χ0) is 20.6. The first-order chi connectivity index (χ1) is 13.9. The lowest BCUT2D eigenvalue weighted by atomic mass is 9.86. The zero-order valence-electron chi connectivity index (χ0n) is 15.3. The van der Waals surface area contributed by atoms with Crippen molar-refractivity contribution in [2.45, 2.75) is 25.1 Å². The third-order valence-electron chi connectivity index (χ3n) is 4.93. The first-order valence-electron chi connectivity index (χ1n) is 8.72. The Hall–Kier alpha value is -3.53. The molecule has 0 aliphatic carbocycles. The fourth-order valence-electron chi connectivity index (χ4n) is 3.33. The van der Waals surface area contributed by atoms with Crippen LogP contribution in [0.2, 0.25) is 0 Å². The third kappa shape index (κ3) is 3.27. The Kier molecular flexibility index (Phi) is 4.63. The number of pyridine rings is 1. The second kappa shape index (κ2) is 7.13. The fourth-order valence-corrected chi connectivity index (χ4v) is 3.33. The first-order valence-corrected chi connectivity index (χ1v) is 8.72. The van der Waals surface area contributed by atoms with Crippen molar-refractivity contribution >= 4 is 11.0 Å². The van der Waals surface area contributed by atoms with Gasteiger partial charge in [0, 0.05) is 17.8 Å². The largest absolute Gasteiger partial charge is 0.381 e. The molecule has 0 aliphatic rings. The summed E-state index contributed by atoms with van der Waals surface area (Å²) >= 11 is 0. The summed E-state index contributed by atoms with van der Waals surface area (Å²) in [6.45, 7) is 1.32. The highest BCUT2D eigenvalue weighted by molar-refractivity contribution is 5.72. The number of fused-ring (bicyclic) bond motifs is 1. The molecule has 0 unspecified atom stereocenters. The van der Waals surface area contributed by atoms with Crippen LogP contribution in [-0.4, -0.2) is 34.4 Å². The van der Waals surface area contributed by atoms with Gasteiger partial charge in [0.1, 0.15) is 36.2 Å². The lowest BCUT2D eigenvalue weighted by Gasteiger charge is -2.35. The van der Waals surface area contributed by atoms with Gasteiger partial charge in [-0.2, -0.15) is 5.10 Å². The molecule has 0 radical (unpaired) electrons. The van der Waals surface area contributed by atoms with Gasteiger partial charge >= 0.3 is 0 Å². The number of rotatable bonds is 5. The summed E-state index contributed by atoms with van der Waals surface area (Å²) in [7, 11) is 0. The Morgan fingerprint density at radius 2 is 2.03 bits per heavy atom. The highest BCUT2D eigenvalue weighted by atomic mass is 19.1. The van der Waals surface area contributed by atoms with Crippen LogP contribution >= 0.6 is 0 Å². The third-order valence-corrected chi connectivity index (χ3v) is 4.93. The molecular formula is C19H16F2N6O2. The maximum atomic E-state index is 14.6. The SMILES string of the molecule is C[C@@H](n1cnc2ncccc2c1=O)[C@](O)(Cn1cncn1)c1ccc(F)cc1F. The van der Waals surface area contributed by atoms with Crippen molar-refractivity contribution in [1.82, 2.24) is 29.3 Å². The summed E-state index contributed by atoms with van der Waals surface area (Å²) in [5.41, 5.74) is -2.34. The second-order valence-electron chi connectivity index (χ2n) is 6.65. The van der Waals surface area contributed by atoms with E-state index in [9.17, 15) is 18.7 Å². The monoisotopic (exact) mass is 398 g/mol. The molecule has 0 spiro atoms. The van der Waals surface area contributed by atoms with Crippen molar-refractivity contribution in [1.29, 1.82) is 0 Å². The molecule has 2 atom stereocenters. The number of nitrogens with zero attached hydrogens (tertiary/aromatic N) is 6. The molecule has 4 rings (SSSR count). The van der Waals surface area contributed by atoms with Crippen LogP contribution in [0.4, 0.5) is 8.78 Å². The molecule has 0 saturated heterocycles. The van der Waals surface area contributed by atoms with Gasteiger partial charge in [-0.25, -0.2) is 28.4 Å². The Balaban J connectivity index is 1.89. The van der Waals surface area contributed by atoms with Gasteiger partial charge in [0.15, 0.2) is 5.65 Å². The quantitative estimate of drug-likeness (QED) is 0.551. The fraction of sp³-hybridized carbons (Fsp3) is 0.211. The molecular weight excluding hydrogens is 382 g/mol. The van der Waals surface area contributed by atoms with Crippen LogP contribution in [0.3, 0.4) is 0 Å². The van der Waals surface area contributed by atoms with E-state index in [1.54, 1.807) is 19.1 Å². The average Bonchev–Trinajstić information content (AvgIpc) is 3.20. The van der Waals surface area contributed by atoms with Crippen LogP contribution in [0.1, 0.15) is 18.5 Å². The van der Waals surface area contributed by atoms with Crippen molar-refractivity contribution in [3.05, 3.63) is 83.1 Å². The summed E-state index contributed by atoms with van der Waals surface area (Å²) in [6.07, 6.45) is 5.37. The van der Waals surface area contributed by atoms with E-state index in [1.807, 2.05) is 0 Å². The van der Waals surface area contributed by atoms with E-state index in [-0.39, 0.29) is 23.1 Å². The predicted octanol–water partition coefficient (Wildman–Crippen LogP) is 1.81. The Labute approximate surface area is 163 Å². The van der Waals surface area contributed by atoms with Crippen LogP contribution in [0.15, 0.2) is 60.3 Å². The molecule has 1 aromatic carbocycles. The summed E-state index contributed by atoms with van der Waals surface area (Å²) in [4.78, 5) is 25.0. The number of aromatic nitrogens is 6. The molecule has 8 nitrogen and oxygen atoms in total. The minimum absolute atomic E-state index is 0.180. The molecule has 0 bridgehead atoms. The van der Waals surface area contributed by atoms with Crippen molar-refractivity contribution in [3.63, 3.8) is 0 Å². The standard InChI is InChI=1S/C19H16F2N6O2/c1-12(27-11-24-17-14(18(27)28)3-2-6-23-17)19(29,8-26-10-22-9-25-26)15-5-4-13(20)7-16(15)21/h2-7,9-12,29H,8H2,1H3/t12-,19-/m1/s1. The van der Waals surface area contributed by atoms with Crippen LogP contribution in [-0.2, 0) is 12.1 Å². The number of benzene rings is 1. The van der Waals surface area contributed by atoms with E-state index in [0.717, 1.165) is 12.1 Å². The molecule has 4 aromatic rings. The van der Waals surface area contributed by atoms with Crippen molar-refractivity contribution in [2.24, 2.45) is 0 Å². The van der Waals surface area contributed by atoms with Crippen molar-refractivity contribution < 1.29 is 13.9 Å². The lowest BCUT2D eigenvalue weighted by Crippen LogP contribution is -2.43. The highest BCUT2D eigenvalue weighted by Crippen LogP contribution is 2.36. The highest BCUT2D eigenvalue weighted by Gasteiger charge is 2.41.